The second-order valence-corrected chi connectivity index (χ2v) is 5.78. The molecule has 108 valence electrons. The smallest absolute Gasteiger partial charge is 0.325 e. The van der Waals surface area contributed by atoms with Crippen LogP contribution in [0.3, 0.4) is 0 Å². The van der Waals surface area contributed by atoms with Crippen molar-refractivity contribution in [3.05, 3.63) is 29.3 Å². The largest absolute Gasteiger partial charge is 0.493 e. The van der Waals surface area contributed by atoms with E-state index in [1.807, 2.05) is 6.07 Å². The summed E-state index contributed by atoms with van der Waals surface area (Å²) in [7, 11) is 0. The highest BCUT2D eigenvalue weighted by molar-refractivity contribution is 5.79. The number of nitrogens with two attached hydrogens (primary N) is 1. The Kier molecular flexibility index (Phi) is 3.40. The fourth-order valence-corrected chi connectivity index (χ4v) is 2.96. The molecule has 0 bridgehead atoms. The lowest BCUT2D eigenvalue weighted by Gasteiger charge is -2.20. The van der Waals surface area contributed by atoms with Crippen molar-refractivity contribution in [3.8, 4) is 5.75 Å². The zero-order valence-electron chi connectivity index (χ0n) is 11.5. The average Bonchev–Trinajstić information content (AvgIpc) is 3.03. The minimum atomic E-state index is -1.06. The zero-order valence-corrected chi connectivity index (χ0v) is 11.5. The number of rotatable bonds is 4. The maximum Gasteiger partial charge on any atom is 0.325 e. The number of fused-ring (bicyclic) bond motifs is 1. The lowest BCUT2D eigenvalue weighted by Crippen LogP contribution is -2.50. The molecule has 1 atom stereocenters. The number of nitrogens with zero attached hydrogens (tertiary/aromatic N) is 1. The molecule has 2 aliphatic heterocycles. The van der Waals surface area contributed by atoms with Crippen LogP contribution in [0.1, 0.15) is 17.5 Å². The molecule has 3 N–H and O–H groups in total. The fraction of sp³-hybridized carbons (Fsp3) is 0.533. The van der Waals surface area contributed by atoms with Crippen molar-refractivity contribution >= 4 is 5.97 Å². The van der Waals surface area contributed by atoms with Crippen molar-refractivity contribution in [2.45, 2.75) is 24.8 Å². The van der Waals surface area contributed by atoms with Crippen LogP contribution in [-0.4, -0.2) is 47.8 Å². The number of hydrogen-bond donors (Lipinski definition) is 2. The predicted molar refractivity (Wildman–Crippen MR) is 75.0 cm³/mol. The van der Waals surface area contributed by atoms with E-state index >= 15 is 0 Å². The highest BCUT2D eigenvalue weighted by Gasteiger charge is 2.40. The van der Waals surface area contributed by atoms with Gasteiger partial charge in [-0.25, -0.2) is 0 Å². The van der Waals surface area contributed by atoms with Gasteiger partial charge in [0, 0.05) is 26.1 Å². The van der Waals surface area contributed by atoms with Crippen molar-refractivity contribution in [1.82, 2.24) is 4.90 Å². The summed E-state index contributed by atoms with van der Waals surface area (Å²) < 4.78 is 5.49. The highest BCUT2D eigenvalue weighted by Crippen LogP contribution is 2.26. The minimum absolute atomic E-state index is 0.441. The van der Waals surface area contributed by atoms with E-state index in [1.54, 1.807) is 0 Å². The number of carbonyl (C=O) groups is 1. The lowest BCUT2D eigenvalue weighted by molar-refractivity contribution is -0.142. The first-order valence-electron chi connectivity index (χ1n) is 7.06. The number of ether oxygens (including phenoxy) is 1. The first-order valence-corrected chi connectivity index (χ1v) is 7.06. The molecule has 1 fully saturated rings. The molecule has 0 aliphatic carbocycles. The maximum atomic E-state index is 11.1. The molecule has 20 heavy (non-hydrogen) atoms. The molecule has 0 saturated carbocycles. The normalized spacial score (nSPS) is 25.4. The van der Waals surface area contributed by atoms with Crippen molar-refractivity contribution in [2.75, 3.05) is 26.2 Å². The quantitative estimate of drug-likeness (QED) is 0.844. The van der Waals surface area contributed by atoms with Gasteiger partial charge in [0.15, 0.2) is 0 Å². The first-order chi connectivity index (χ1) is 9.57. The second kappa shape index (κ2) is 5.07. The van der Waals surface area contributed by atoms with E-state index in [9.17, 15) is 4.79 Å². The van der Waals surface area contributed by atoms with E-state index in [0.29, 0.717) is 13.0 Å². The highest BCUT2D eigenvalue weighted by atomic mass is 16.5. The first kappa shape index (κ1) is 13.4. The molecule has 0 radical (unpaired) electrons. The van der Waals surface area contributed by atoms with Crippen molar-refractivity contribution in [2.24, 2.45) is 5.73 Å². The fourth-order valence-electron chi connectivity index (χ4n) is 2.96. The van der Waals surface area contributed by atoms with E-state index in [2.05, 4.69) is 17.0 Å². The van der Waals surface area contributed by atoms with Crippen molar-refractivity contribution < 1.29 is 14.6 Å². The van der Waals surface area contributed by atoms with Crippen LogP contribution in [0.25, 0.3) is 0 Å². The zero-order chi connectivity index (χ0) is 14.2. The molecule has 2 aliphatic rings. The molecule has 1 aromatic rings. The summed E-state index contributed by atoms with van der Waals surface area (Å²) in [6, 6.07) is 6.32. The summed E-state index contributed by atoms with van der Waals surface area (Å²) >= 11 is 0. The van der Waals surface area contributed by atoms with Gasteiger partial charge in [-0.2, -0.15) is 0 Å². The molecular formula is C15H20N2O3. The number of benzene rings is 1. The SMILES string of the molecule is NC1(C(=O)O)CCN(CCc2ccc3c(c2)CCO3)C1. The molecule has 5 nitrogen and oxygen atoms in total. The Bertz CT molecular complexity index is 532. The van der Waals surface area contributed by atoms with Gasteiger partial charge in [-0.3, -0.25) is 4.79 Å². The molecule has 1 saturated heterocycles. The van der Waals surface area contributed by atoms with Gasteiger partial charge in [-0.1, -0.05) is 12.1 Å². The molecular weight excluding hydrogens is 256 g/mol. The third kappa shape index (κ3) is 2.51. The molecule has 1 unspecified atom stereocenters. The van der Waals surface area contributed by atoms with E-state index in [4.69, 9.17) is 15.6 Å². The Morgan fingerprint density at radius 2 is 2.35 bits per heavy atom. The van der Waals surface area contributed by atoms with Crippen LogP contribution in [0, 0.1) is 0 Å². The van der Waals surface area contributed by atoms with Crippen LogP contribution in [0.4, 0.5) is 0 Å². The monoisotopic (exact) mass is 276 g/mol. The van der Waals surface area contributed by atoms with E-state index in [-0.39, 0.29) is 0 Å². The Morgan fingerprint density at radius 1 is 1.50 bits per heavy atom. The Morgan fingerprint density at radius 3 is 3.10 bits per heavy atom. The van der Waals surface area contributed by atoms with Crippen LogP contribution in [0.5, 0.6) is 5.75 Å². The molecule has 0 amide bonds. The van der Waals surface area contributed by atoms with E-state index in [0.717, 1.165) is 38.3 Å². The van der Waals surface area contributed by atoms with Gasteiger partial charge in [0.05, 0.1) is 6.61 Å². The van der Waals surface area contributed by atoms with Gasteiger partial charge in [0.25, 0.3) is 0 Å². The molecule has 0 spiro atoms. The van der Waals surface area contributed by atoms with Crippen molar-refractivity contribution in [1.29, 1.82) is 0 Å². The summed E-state index contributed by atoms with van der Waals surface area (Å²) in [6.07, 6.45) is 2.43. The summed E-state index contributed by atoms with van der Waals surface area (Å²) in [5.41, 5.74) is 7.37. The number of hydrogen-bond acceptors (Lipinski definition) is 4. The molecule has 2 heterocycles. The number of likely N-dealkylation sites (tertiary alicyclic amines) is 1. The van der Waals surface area contributed by atoms with E-state index < -0.39 is 11.5 Å². The van der Waals surface area contributed by atoms with Gasteiger partial charge >= 0.3 is 5.97 Å². The van der Waals surface area contributed by atoms with Crippen molar-refractivity contribution in [3.63, 3.8) is 0 Å². The average molecular weight is 276 g/mol. The molecule has 5 heteroatoms. The Balaban J connectivity index is 1.57. The van der Waals surface area contributed by atoms with E-state index in [1.165, 1.54) is 11.1 Å². The van der Waals surface area contributed by atoms with Crippen LogP contribution in [-0.2, 0) is 17.6 Å². The standard InChI is InChI=1S/C15H20N2O3/c16-15(14(18)19)5-7-17(10-15)6-3-11-1-2-13-12(9-11)4-8-20-13/h1-2,9H,3-8,10,16H2,(H,18,19). The predicted octanol–water partition coefficient (Wildman–Crippen LogP) is 0.652. The summed E-state index contributed by atoms with van der Waals surface area (Å²) in [4.78, 5) is 13.2. The molecule has 3 rings (SSSR count). The topological polar surface area (TPSA) is 75.8 Å². The van der Waals surface area contributed by atoms with Crippen LogP contribution >= 0.6 is 0 Å². The Labute approximate surface area is 118 Å². The summed E-state index contributed by atoms with van der Waals surface area (Å²) in [6.45, 7) is 2.83. The number of carboxylic acid groups (broad SMARTS) is 1. The Hall–Kier alpha value is -1.59. The third-order valence-electron chi connectivity index (χ3n) is 4.28. The van der Waals surface area contributed by atoms with Crippen LogP contribution in [0.2, 0.25) is 0 Å². The van der Waals surface area contributed by atoms with Gasteiger partial charge < -0.3 is 20.5 Å². The maximum absolute atomic E-state index is 11.1. The number of aliphatic carboxylic acids is 1. The summed E-state index contributed by atoms with van der Waals surface area (Å²) in [5, 5.41) is 9.12. The van der Waals surface area contributed by atoms with Gasteiger partial charge in [0.2, 0.25) is 0 Å². The number of carboxylic acids is 1. The van der Waals surface area contributed by atoms with Crippen LogP contribution in [0.15, 0.2) is 18.2 Å². The third-order valence-corrected chi connectivity index (χ3v) is 4.28. The lowest BCUT2D eigenvalue weighted by atomic mass is 10.0. The van der Waals surface area contributed by atoms with Gasteiger partial charge in [-0.05, 0) is 30.0 Å². The second-order valence-electron chi connectivity index (χ2n) is 5.78. The summed E-state index contributed by atoms with van der Waals surface area (Å²) in [5.74, 6) is 0.108. The van der Waals surface area contributed by atoms with Gasteiger partial charge in [-0.15, -0.1) is 0 Å². The molecule has 1 aromatic carbocycles. The molecule has 0 aromatic heterocycles. The minimum Gasteiger partial charge on any atom is -0.493 e. The van der Waals surface area contributed by atoms with Crippen LogP contribution < -0.4 is 10.5 Å². The van der Waals surface area contributed by atoms with Gasteiger partial charge in [0.1, 0.15) is 11.3 Å².